The molecule has 1 fully saturated rings. The van der Waals surface area contributed by atoms with Gasteiger partial charge in [-0.05, 0) is 27.7 Å². The van der Waals surface area contributed by atoms with E-state index in [4.69, 9.17) is 0 Å². The van der Waals surface area contributed by atoms with Gasteiger partial charge < -0.3 is 0 Å². The van der Waals surface area contributed by atoms with Gasteiger partial charge in [-0.2, -0.15) is 0 Å². The summed E-state index contributed by atoms with van der Waals surface area (Å²) in [6.45, 7) is 9.04. The van der Waals surface area contributed by atoms with Crippen LogP contribution in [0.3, 0.4) is 0 Å². The van der Waals surface area contributed by atoms with E-state index in [9.17, 15) is 8.42 Å². The highest BCUT2D eigenvalue weighted by Crippen LogP contribution is 2.21. The first-order valence-corrected chi connectivity index (χ1v) is 6.52. The Morgan fingerprint density at radius 2 is 1.85 bits per heavy atom. The molecule has 0 saturated carbocycles. The zero-order valence-corrected chi connectivity index (χ0v) is 9.69. The molecule has 3 nitrogen and oxygen atoms in total. The summed E-state index contributed by atoms with van der Waals surface area (Å²) >= 11 is 0. The number of hydrogen-bond donors (Lipinski definition) is 0. The summed E-state index contributed by atoms with van der Waals surface area (Å²) in [6.07, 6.45) is 0. The van der Waals surface area contributed by atoms with E-state index in [2.05, 4.69) is 25.7 Å². The highest BCUT2D eigenvalue weighted by atomic mass is 32.2. The first-order chi connectivity index (χ1) is 5.72. The SMILES string of the molecule is CC1CS(=O)(=O)CCN1C(C)(C)C. The van der Waals surface area contributed by atoms with Crippen LogP contribution in [0.25, 0.3) is 0 Å². The number of sulfone groups is 1. The molecular formula is C9H19NO2S. The van der Waals surface area contributed by atoms with Gasteiger partial charge in [0.25, 0.3) is 0 Å². The van der Waals surface area contributed by atoms with Crippen LogP contribution in [0, 0.1) is 0 Å². The average Bonchev–Trinajstić information content (AvgIpc) is 1.80. The maximum atomic E-state index is 11.3. The van der Waals surface area contributed by atoms with Crippen molar-refractivity contribution in [3.8, 4) is 0 Å². The fourth-order valence-corrected chi connectivity index (χ4v) is 3.55. The van der Waals surface area contributed by atoms with Gasteiger partial charge in [0.15, 0.2) is 9.84 Å². The van der Waals surface area contributed by atoms with Crippen LogP contribution >= 0.6 is 0 Å². The standard InChI is InChI=1S/C9H19NO2S/c1-8-7-13(11,12)6-5-10(8)9(2,3)4/h8H,5-7H2,1-4H3. The molecule has 0 bridgehead atoms. The molecule has 1 unspecified atom stereocenters. The quantitative estimate of drug-likeness (QED) is 0.590. The lowest BCUT2D eigenvalue weighted by Crippen LogP contribution is -2.55. The molecule has 0 aromatic rings. The highest BCUT2D eigenvalue weighted by molar-refractivity contribution is 7.91. The van der Waals surface area contributed by atoms with Crippen LogP contribution in [0.1, 0.15) is 27.7 Å². The molecule has 0 spiro atoms. The summed E-state index contributed by atoms with van der Waals surface area (Å²) in [7, 11) is -2.77. The Bertz CT molecular complexity index is 276. The second kappa shape index (κ2) is 3.24. The molecule has 0 aromatic carbocycles. The molecule has 1 rings (SSSR count). The molecule has 0 radical (unpaired) electrons. The van der Waals surface area contributed by atoms with Crippen LogP contribution in [-0.4, -0.2) is 42.9 Å². The molecular weight excluding hydrogens is 186 g/mol. The molecule has 13 heavy (non-hydrogen) atoms. The Balaban J connectivity index is 2.76. The van der Waals surface area contributed by atoms with Gasteiger partial charge in [0.1, 0.15) is 0 Å². The Morgan fingerprint density at radius 1 is 1.31 bits per heavy atom. The van der Waals surface area contributed by atoms with Crippen molar-refractivity contribution in [1.29, 1.82) is 0 Å². The predicted octanol–water partition coefficient (Wildman–Crippen LogP) is 0.904. The van der Waals surface area contributed by atoms with Gasteiger partial charge in [-0.25, -0.2) is 8.42 Å². The summed E-state index contributed by atoms with van der Waals surface area (Å²) in [6, 6.07) is 0.152. The summed E-state index contributed by atoms with van der Waals surface area (Å²) in [5.74, 6) is 0.624. The van der Waals surface area contributed by atoms with Gasteiger partial charge in [0.05, 0.1) is 11.5 Å². The molecule has 1 aliphatic rings. The van der Waals surface area contributed by atoms with Gasteiger partial charge in [0, 0.05) is 18.1 Å². The third kappa shape index (κ3) is 2.68. The lowest BCUT2D eigenvalue weighted by Gasteiger charge is -2.42. The van der Waals surface area contributed by atoms with E-state index in [1.807, 2.05) is 6.92 Å². The number of rotatable bonds is 0. The van der Waals surface area contributed by atoms with Crippen molar-refractivity contribution >= 4 is 9.84 Å². The maximum Gasteiger partial charge on any atom is 0.153 e. The fourth-order valence-electron chi connectivity index (χ4n) is 2.00. The molecule has 0 aliphatic carbocycles. The molecule has 1 saturated heterocycles. The molecule has 1 atom stereocenters. The van der Waals surface area contributed by atoms with Crippen LogP contribution in [0.15, 0.2) is 0 Å². The first-order valence-electron chi connectivity index (χ1n) is 4.69. The second-order valence-corrected chi connectivity index (χ2v) is 7.06. The van der Waals surface area contributed by atoms with Crippen LogP contribution in [0.2, 0.25) is 0 Å². The topological polar surface area (TPSA) is 37.4 Å². The molecule has 0 N–H and O–H groups in total. The van der Waals surface area contributed by atoms with Crippen molar-refractivity contribution in [1.82, 2.24) is 4.90 Å². The third-order valence-electron chi connectivity index (χ3n) is 2.53. The zero-order chi connectivity index (χ0) is 10.3. The minimum atomic E-state index is -2.77. The Labute approximate surface area is 81.0 Å². The number of nitrogens with zero attached hydrogens (tertiary/aromatic N) is 1. The summed E-state index contributed by atoms with van der Waals surface area (Å²) < 4.78 is 22.6. The minimum absolute atomic E-state index is 0.0787. The summed E-state index contributed by atoms with van der Waals surface area (Å²) in [5.41, 5.74) is 0.0787. The monoisotopic (exact) mass is 205 g/mol. The summed E-state index contributed by atoms with van der Waals surface area (Å²) in [5, 5.41) is 0. The normalized spacial score (nSPS) is 30.3. The smallest absolute Gasteiger partial charge is 0.153 e. The van der Waals surface area contributed by atoms with E-state index < -0.39 is 9.84 Å². The van der Waals surface area contributed by atoms with Crippen molar-refractivity contribution < 1.29 is 8.42 Å². The van der Waals surface area contributed by atoms with Crippen molar-refractivity contribution in [3.63, 3.8) is 0 Å². The van der Waals surface area contributed by atoms with Gasteiger partial charge in [-0.1, -0.05) is 0 Å². The summed E-state index contributed by atoms with van der Waals surface area (Å²) in [4.78, 5) is 2.26. The average molecular weight is 205 g/mol. The van der Waals surface area contributed by atoms with Crippen LogP contribution in [0.4, 0.5) is 0 Å². The molecule has 1 heterocycles. The van der Waals surface area contributed by atoms with E-state index in [1.165, 1.54) is 0 Å². The van der Waals surface area contributed by atoms with E-state index in [0.717, 1.165) is 0 Å². The Hall–Kier alpha value is -0.0900. The van der Waals surface area contributed by atoms with Crippen molar-refractivity contribution in [2.45, 2.75) is 39.3 Å². The number of hydrogen-bond acceptors (Lipinski definition) is 3. The Morgan fingerprint density at radius 3 is 2.23 bits per heavy atom. The highest BCUT2D eigenvalue weighted by Gasteiger charge is 2.34. The van der Waals surface area contributed by atoms with Crippen LogP contribution < -0.4 is 0 Å². The van der Waals surface area contributed by atoms with Gasteiger partial charge in [-0.3, -0.25) is 4.90 Å². The minimum Gasteiger partial charge on any atom is -0.294 e. The fraction of sp³-hybridized carbons (Fsp3) is 1.00. The van der Waals surface area contributed by atoms with Gasteiger partial charge in [-0.15, -0.1) is 0 Å². The lowest BCUT2D eigenvalue weighted by atomic mass is 10.0. The van der Waals surface area contributed by atoms with Crippen LogP contribution in [0.5, 0.6) is 0 Å². The largest absolute Gasteiger partial charge is 0.294 e. The van der Waals surface area contributed by atoms with E-state index in [1.54, 1.807) is 0 Å². The van der Waals surface area contributed by atoms with E-state index >= 15 is 0 Å². The second-order valence-electron chi connectivity index (χ2n) is 4.83. The molecule has 78 valence electrons. The lowest BCUT2D eigenvalue weighted by molar-refractivity contribution is 0.103. The predicted molar refractivity (Wildman–Crippen MR) is 54.6 cm³/mol. The first kappa shape index (κ1) is 11.0. The van der Waals surface area contributed by atoms with Crippen molar-refractivity contribution in [2.24, 2.45) is 0 Å². The van der Waals surface area contributed by atoms with Gasteiger partial charge >= 0.3 is 0 Å². The molecule has 0 aromatic heterocycles. The maximum absolute atomic E-state index is 11.3. The van der Waals surface area contributed by atoms with Gasteiger partial charge in [0.2, 0.25) is 0 Å². The molecule has 1 aliphatic heterocycles. The van der Waals surface area contributed by atoms with E-state index in [0.29, 0.717) is 18.1 Å². The van der Waals surface area contributed by atoms with Crippen molar-refractivity contribution in [2.75, 3.05) is 18.1 Å². The Kier molecular flexibility index (Phi) is 2.74. The van der Waals surface area contributed by atoms with E-state index in [-0.39, 0.29) is 11.6 Å². The van der Waals surface area contributed by atoms with Crippen LogP contribution in [-0.2, 0) is 9.84 Å². The molecule has 0 amide bonds. The zero-order valence-electron chi connectivity index (χ0n) is 8.87. The molecule has 4 heteroatoms. The third-order valence-corrected chi connectivity index (χ3v) is 4.33. The van der Waals surface area contributed by atoms with Crippen molar-refractivity contribution in [3.05, 3.63) is 0 Å².